The van der Waals surface area contributed by atoms with Crippen LogP contribution in [0.4, 0.5) is 0 Å². The highest BCUT2D eigenvalue weighted by molar-refractivity contribution is 6.11. The SMILES string of the molecule is c1ccc(-c2ccc(-n3c4ccc(C5(c6ccc7ccccc7c6)c6ccccc6-c6ccccc65)cc4c4ccc(-c5nc(-c6ccccc6)nc(-c6ccccc6)n5)cc43)cc2)cc1. The molecule has 13 rings (SSSR count). The molecule has 0 saturated carbocycles. The van der Waals surface area contributed by atoms with Crippen molar-refractivity contribution in [3.63, 3.8) is 0 Å². The molecule has 10 aromatic carbocycles. The lowest BCUT2D eigenvalue weighted by Crippen LogP contribution is -2.28. The molecule has 0 saturated heterocycles. The molecule has 0 radical (unpaired) electrons. The number of rotatable bonds is 7. The van der Waals surface area contributed by atoms with Crippen molar-refractivity contribution < 1.29 is 0 Å². The fourth-order valence-electron chi connectivity index (χ4n) is 10.5. The molecule has 12 aromatic rings. The molecule has 308 valence electrons. The van der Waals surface area contributed by atoms with Crippen LogP contribution in [0.2, 0.25) is 0 Å². The Labute approximate surface area is 382 Å². The number of nitrogens with zero attached hydrogens (tertiary/aromatic N) is 4. The highest BCUT2D eigenvalue weighted by Gasteiger charge is 2.46. The molecule has 0 spiro atoms. The van der Waals surface area contributed by atoms with E-state index >= 15 is 0 Å². The first-order valence-electron chi connectivity index (χ1n) is 22.5. The molecule has 2 aromatic heterocycles. The Bertz CT molecular complexity index is 3700. The van der Waals surface area contributed by atoms with Crippen LogP contribution in [-0.4, -0.2) is 19.5 Å². The van der Waals surface area contributed by atoms with E-state index in [0.29, 0.717) is 17.5 Å². The van der Waals surface area contributed by atoms with E-state index in [2.05, 4.69) is 211 Å². The minimum atomic E-state index is -0.566. The minimum absolute atomic E-state index is 0.566. The third-order valence-electron chi connectivity index (χ3n) is 13.5. The van der Waals surface area contributed by atoms with Crippen LogP contribution in [-0.2, 0) is 5.41 Å². The highest BCUT2D eigenvalue weighted by atomic mass is 15.0. The van der Waals surface area contributed by atoms with Crippen LogP contribution in [0.25, 0.3) is 94.7 Å². The van der Waals surface area contributed by atoms with Crippen LogP contribution in [0, 0.1) is 0 Å². The van der Waals surface area contributed by atoms with Gasteiger partial charge in [-0.05, 0) is 91.7 Å². The molecule has 4 nitrogen and oxygen atoms in total. The van der Waals surface area contributed by atoms with Crippen molar-refractivity contribution in [2.45, 2.75) is 5.41 Å². The van der Waals surface area contributed by atoms with E-state index < -0.39 is 5.41 Å². The summed E-state index contributed by atoms with van der Waals surface area (Å²) in [4.78, 5) is 15.3. The second kappa shape index (κ2) is 15.2. The summed E-state index contributed by atoms with van der Waals surface area (Å²) in [5, 5.41) is 4.78. The topological polar surface area (TPSA) is 43.6 Å². The molecule has 4 heteroatoms. The van der Waals surface area contributed by atoms with Gasteiger partial charge < -0.3 is 4.57 Å². The lowest BCUT2D eigenvalue weighted by atomic mass is 9.67. The fraction of sp³-hybridized carbons (Fsp3) is 0.0161. The molecule has 66 heavy (non-hydrogen) atoms. The molecular formula is C62H40N4. The molecule has 0 amide bonds. The fourth-order valence-corrected chi connectivity index (χ4v) is 10.5. The highest BCUT2D eigenvalue weighted by Crippen LogP contribution is 2.57. The maximum absolute atomic E-state index is 5.15. The van der Waals surface area contributed by atoms with E-state index in [9.17, 15) is 0 Å². The molecule has 0 unspecified atom stereocenters. The van der Waals surface area contributed by atoms with Gasteiger partial charge in [0.1, 0.15) is 0 Å². The number of benzene rings is 10. The standard InChI is InChI=1S/C62H40N4/c1-4-16-41(17-5-1)43-29-34-50(35-30-43)66-57-37-33-49(62(48-32-28-42-18-10-11-23-46(42)38-48)55-26-14-12-24-51(55)52-25-13-15-27-56(52)62)40-54(57)53-36-31-47(39-58(53)66)61-64-59(44-19-6-2-7-20-44)63-60(65-61)45-21-8-3-9-22-45/h1-40H. The van der Waals surface area contributed by atoms with Crippen LogP contribution < -0.4 is 0 Å². The number of hydrogen-bond acceptors (Lipinski definition) is 3. The second-order valence-corrected chi connectivity index (χ2v) is 17.2. The zero-order chi connectivity index (χ0) is 43.6. The molecule has 0 aliphatic heterocycles. The van der Waals surface area contributed by atoms with E-state index in [1.54, 1.807) is 0 Å². The molecule has 0 bridgehead atoms. The van der Waals surface area contributed by atoms with E-state index in [0.717, 1.165) is 38.8 Å². The van der Waals surface area contributed by atoms with Gasteiger partial charge >= 0.3 is 0 Å². The van der Waals surface area contributed by atoms with Crippen LogP contribution in [0.1, 0.15) is 22.3 Å². The lowest BCUT2D eigenvalue weighted by molar-refractivity contribution is 0.771. The molecular weight excluding hydrogens is 801 g/mol. The van der Waals surface area contributed by atoms with Crippen LogP contribution in [0.5, 0.6) is 0 Å². The van der Waals surface area contributed by atoms with Crippen LogP contribution in [0.3, 0.4) is 0 Å². The molecule has 0 atom stereocenters. The van der Waals surface area contributed by atoms with Crippen molar-refractivity contribution >= 4 is 32.6 Å². The second-order valence-electron chi connectivity index (χ2n) is 17.2. The van der Waals surface area contributed by atoms with Gasteiger partial charge in [-0.15, -0.1) is 0 Å². The normalized spacial score (nSPS) is 12.7. The maximum atomic E-state index is 5.15. The summed E-state index contributed by atoms with van der Waals surface area (Å²) in [6, 6.07) is 87.4. The van der Waals surface area contributed by atoms with Gasteiger partial charge in [-0.25, -0.2) is 15.0 Å². The predicted molar refractivity (Wildman–Crippen MR) is 271 cm³/mol. The van der Waals surface area contributed by atoms with Crippen molar-refractivity contribution in [2.75, 3.05) is 0 Å². The average Bonchev–Trinajstić information content (AvgIpc) is 3.89. The zero-order valence-electron chi connectivity index (χ0n) is 35.9. The summed E-state index contributed by atoms with van der Waals surface area (Å²) in [5.74, 6) is 1.89. The predicted octanol–water partition coefficient (Wildman–Crippen LogP) is 15.2. The van der Waals surface area contributed by atoms with E-state index in [1.165, 1.54) is 60.7 Å². The molecule has 1 aliphatic rings. The lowest BCUT2D eigenvalue weighted by Gasteiger charge is -2.34. The van der Waals surface area contributed by atoms with E-state index in [4.69, 9.17) is 15.0 Å². The van der Waals surface area contributed by atoms with Crippen molar-refractivity contribution in [3.8, 4) is 62.1 Å². The van der Waals surface area contributed by atoms with Gasteiger partial charge in [0.25, 0.3) is 0 Å². The van der Waals surface area contributed by atoms with Crippen molar-refractivity contribution in [1.82, 2.24) is 19.5 Å². The maximum Gasteiger partial charge on any atom is 0.164 e. The quantitative estimate of drug-likeness (QED) is 0.161. The Morgan fingerprint density at radius 2 is 0.788 bits per heavy atom. The van der Waals surface area contributed by atoms with Crippen molar-refractivity contribution in [3.05, 3.63) is 265 Å². The Hall–Kier alpha value is -8.73. The Morgan fingerprint density at radius 3 is 1.42 bits per heavy atom. The van der Waals surface area contributed by atoms with E-state index in [-0.39, 0.29) is 0 Å². The van der Waals surface area contributed by atoms with Gasteiger partial charge in [0.05, 0.1) is 16.4 Å². The van der Waals surface area contributed by atoms with Gasteiger partial charge in [0, 0.05) is 33.2 Å². The monoisotopic (exact) mass is 840 g/mol. The van der Waals surface area contributed by atoms with Crippen molar-refractivity contribution in [2.24, 2.45) is 0 Å². The largest absolute Gasteiger partial charge is 0.309 e. The van der Waals surface area contributed by atoms with Gasteiger partial charge in [-0.3, -0.25) is 0 Å². The van der Waals surface area contributed by atoms with Crippen LogP contribution >= 0.6 is 0 Å². The molecule has 0 N–H and O–H groups in total. The van der Waals surface area contributed by atoms with Gasteiger partial charge in [-0.1, -0.05) is 206 Å². The summed E-state index contributed by atoms with van der Waals surface area (Å²) in [6.07, 6.45) is 0. The summed E-state index contributed by atoms with van der Waals surface area (Å²) in [5.41, 5.74) is 15.5. The first-order valence-corrected chi connectivity index (χ1v) is 22.5. The van der Waals surface area contributed by atoms with E-state index in [1.807, 2.05) is 36.4 Å². The summed E-state index contributed by atoms with van der Waals surface area (Å²) in [7, 11) is 0. The molecule has 0 fully saturated rings. The molecule has 2 heterocycles. The summed E-state index contributed by atoms with van der Waals surface area (Å²) in [6.45, 7) is 0. The summed E-state index contributed by atoms with van der Waals surface area (Å²) >= 11 is 0. The Morgan fingerprint density at radius 1 is 0.303 bits per heavy atom. The van der Waals surface area contributed by atoms with Crippen molar-refractivity contribution in [1.29, 1.82) is 0 Å². The number of fused-ring (bicyclic) bond motifs is 7. The average molecular weight is 841 g/mol. The Balaban J connectivity index is 1.07. The third kappa shape index (κ3) is 5.96. The van der Waals surface area contributed by atoms with Gasteiger partial charge in [-0.2, -0.15) is 0 Å². The van der Waals surface area contributed by atoms with Gasteiger partial charge in [0.15, 0.2) is 17.5 Å². The Kier molecular flexibility index (Phi) is 8.72. The smallest absolute Gasteiger partial charge is 0.164 e. The first-order chi connectivity index (χ1) is 32.7. The number of hydrogen-bond donors (Lipinski definition) is 0. The zero-order valence-corrected chi connectivity index (χ0v) is 35.9. The first kappa shape index (κ1) is 37.8. The molecule has 1 aliphatic carbocycles. The van der Waals surface area contributed by atoms with Crippen LogP contribution in [0.15, 0.2) is 243 Å². The summed E-state index contributed by atoms with van der Waals surface area (Å²) < 4.78 is 2.41. The van der Waals surface area contributed by atoms with Gasteiger partial charge in [0.2, 0.25) is 0 Å². The number of aromatic nitrogens is 4. The minimum Gasteiger partial charge on any atom is -0.309 e. The third-order valence-corrected chi connectivity index (χ3v) is 13.5.